The maximum absolute atomic E-state index is 11.3. The molecule has 1 fully saturated rings. The van der Waals surface area contributed by atoms with E-state index in [1.165, 1.54) is 19.2 Å². The Labute approximate surface area is 152 Å². The van der Waals surface area contributed by atoms with Crippen molar-refractivity contribution < 1.29 is 19.2 Å². The zero-order valence-corrected chi connectivity index (χ0v) is 15.2. The molecule has 0 aromatic heterocycles. The lowest BCUT2D eigenvalue weighted by Gasteiger charge is -2.21. The van der Waals surface area contributed by atoms with Gasteiger partial charge in [-0.05, 0) is 37.4 Å². The summed E-state index contributed by atoms with van der Waals surface area (Å²) < 4.78 is 9.65. The van der Waals surface area contributed by atoms with Gasteiger partial charge in [0.05, 0.1) is 12.0 Å². The monoisotopic (exact) mass is 373 g/mol. The van der Waals surface area contributed by atoms with Crippen LogP contribution in [0.4, 0.5) is 5.69 Å². The number of methoxy groups -OCH3 is 1. The summed E-state index contributed by atoms with van der Waals surface area (Å²) in [5, 5.41) is 11.3. The van der Waals surface area contributed by atoms with E-state index < -0.39 is 10.9 Å². The maximum Gasteiger partial charge on any atom is 0.343 e. The zero-order valence-electron chi connectivity index (χ0n) is 14.3. The molecule has 2 atom stereocenters. The SMILES string of the molecule is COC(=O)COc1ccc(CN2CC(CN)CC2C)cc1[N+](=O)[O-].Cl. The molecular weight excluding hydrogens is 350 g/mol. The number of likely N-dealkylation sites (tertiary alicyclic amines) is 1. The smallest absolute Gasteiger partial charge is 0.343 e. The number of esters is 1. The van der Waals surface area contributed by atoms with E-state index in [1.807, 2.05) is 0 Å². The predicted octanol–water partition coefficient (Wildman–Crippen LogP) is 1.74. The lowest BCUT2D eigenvalue weighted by Crippen LogP contribution is -2.27. The minimum absolute atomic E-state index is 0. The summed E-state index contributed by atoms with van der Waals surface area (Å²) in [5.74, 6) is -0.0619. The molecule has 9 heteroatoms. The van der Waals surface area contributed by atoms with Crippen LogP contribution in [0.2, 0.25) is 0 Å². The van der Waals surface area contributed by atoms with Crippen molar-refractivity contribution in [3.05, 3.63) is 33.9 Å². The van der Waals surface area contributed by atoms with Gasteiger partial charge < -0.3 is 15.2 Å². The molecule has 1 aromatic rings. The first-order chi connectivity index (χ1) is 11.4. The molecular formula is C16H24ClN3O5. The highest BCUT2D eigenvalue weighted by molar-refractivity contribution is 5.85. The van der Waals surface area contributed by atoms with Crippen LogP contribution in [0.25, 0.3) is 0 Å². The van der Waals surface area contributed by atoms with Crippen LogP contribution in [0.1, 0.15) is 18.9 Å². The minimum atomic E-state index is -0.591. The molecule has 1 heterocycles. The highest BCUT2D eigenvalue weighted by atomic mass is 35.5. The number of nitro benzene ring substituents is 1. The number of carbonyl (C=O) groups excluding carboxylic acids is 1. The van der Waals surface area contributed by atoms with E-state index in [9.17, 15) is 14.9 Å². The standard InChI is InChI=1S/C16H23N3O5.ClH/c1-11-5-13(7-17)9-18(11)8-12-3-4-15(14(6-12)19(21)22)24-10-16(20)23-2;/h3-4,6,11,13H,5,7-10,17H2,1-2H3;1H. The van der Waals surface area contributed by atoms with Crippen LogP contribution >= 0.6 is 12.4 Å². The molecule has 0 amide bonds. The van der Waals surface area contributed by atoms with E-state index >= 15 is 0 Å². The van der Waals surface area contributed by atoms with Gasteiger partial charge in [0.2, 0.25) is 0 Å². The van der Waals surface area contributed by atoms with Crippen molar-refractivity contribution in [3.8, 4) is 5.75 Å². The highest BCUT2D eigenvalue weighted by Gasteiger charge is 2.28. The van der Waals surface area contributed by atoms with Crippen LogP contribution < -0.4 is 10.5 Å². The lowest BCUT2D eigenvalue weighted by atomic mass is 10.1. The van der Waals surface area contributed by atoms with E-state index in [1.54, 1.807) is 6.07 Å². The summed E-state index contributed by atoms with van der Waals surface area (Å²) in [4.78, 5) is 24.2. The first kappa shape index (κ1) is 21.1. The maximum atomic E-state index is 11.3. The third-order valence-corrected chi connectivity index (χ3v) is 4.30. The molecule has 140 valence electrons. The van der Waals surface area contributed by atoms with Gasteiger partial charge in [-0.1, -0.05) is 6.07 Å². The van der Waals surface area contributed by atoms with Crippen LogP contribution in [0.5, 0.6) is 5.75 Å². The first-order valence-corrected chi connectivity index (χ1v) is 7.85. The minimum Gasteiger partial charge on any atom is -0.475 e. The number of benzene rings is 1. The third-order valence-electron chi connectivity index (χ3n) is 4.30. The van der Waals surface area contributed by atoms with Gasteiger partial charge in [0.25, 0.3) is 0 Å². The van der Waals surface area contributed by atoms with Crippen molar-refractivity contribution in [1.82, 2.24) is 4.90 Å². The first-order valence-electron chi connectivity index (χ1n) is 7.85. The fraction of sp³-hybridized carbons (Fsp3) is 0.562. The average Bonchev–Trinajstić information content (AvgIpc) is 2.93. The summed E-state index contributed by atoms with van der Waals surface area (Å²) in [6, 6.07) is 5.20. The largest absolute Gasteiger partial charge is 0.475 e. The number of nitro groups is 1. The van der Waals surface area contributed by atoms with E-state index in [4.69, 9.17) is 10.5 Å². The number of hydrogen-bond acceptors (Lipinski definition) is 7. The molecule has 8 nitrogen and oxygen atoms in total. The Kier molecular flexibility index (Phi) is 8.08. The van der Waals surface area contributed by atoms with E-state index in [0.717, 1.165) is 18.5 Å². The number of halogens is 1. The topological polar surface area (TPSA) is 108 Å². The molecule has 0 aliphatic carbocycles. The Bertz CT molecular complexity index is 613. The fourth-order valence-corrected chi connectivity index (χ4v) is 2.96. The van der Waals surface area contributed by atoms with Crippen LogP contribution in [-0.2, 0) is 16.1 Å². The van der Waals surface area contributed by atoms with Crippen molar-refractivity contribution in [1.29, 1.82) is 0 Å². The van der Waals surface area contributed by atoms with Crippen LogP contribution in [0, 0.1) is 16.0 Å². The third kappa shape index (κ3) is 5.55. The molecule has 1 saturated heterocycles. The summed E-state index contributed by atoms with van der Waals surface area (Å²) in [7, 11) is 1.23. The Balaban J connectivity index is 0.00000312. The van der Waals surface area contributed by atoms with Crippen LogP contribution in [0.15, 0.2) is 18.2 Å². The quantitative estimate of drug-likeness (QED) is 0.440. The number of nitrogens with two attached hydrogens (primary N) is 1. The number of nitrogens with zero attached hydrogens (tertiary/aromatic N) is 2. The van der Waals surface area contributed by atoms with E-state index in [-0.39, 0.29) is 30.5 Å². The fourth-order valence-electron chi connectivity index (χ4n) is 2.96. The van der Waals surface area contributed by atoms with Crippen molar-refractivity contribution in [2.24, 2.45) is 11.7 Å². The molecule has 2 rings (SSSR count). The van der Waals surface area contributed by atoms with Crippen molar-refractivity contribution in [3.63, 3.8) is 0 Å². The van der Waals surface area contributed by atoms with E-state index in [2.05, 4.69) is 16.6 Å². The summed E-state index contributed by atoms with van der Waals surface area (Å²) >= 11 is 0. The van der Waals surface area contributed by atoms with Crippen molar-refractivity contribution in [2.45, 2.75) is 25.9 Å². The molecule has 1 aromatic carbocycles. The van der Waals surface area contributed by atoms with Gasteiger partial charge in [-0.25, -0.2) is 4.79 Å². The van der Waals surface area contributed by atoms with Crippen molar-refractivity contribution >= 4 is 24.1 Å². The van der Waals surface area contributed by atoms with Gasteiger partial charge in [0.1, 0.15) is 0 Å². The number of ether oxygens (including phenoxy) is 2. The summed E-state index contributed by atoms with van der Waals surface area (Å²) in [5.41, 5.74) is 6.41. The molecule has 2 N–H and O–H groups in total. The van der Waals surface area contributed by atoms with Crippen LogP contribution in [-0.4, -0.2) is 48.6 Å². The Morgan fingerprint density at radius 2 is 2.20 bits per heavy atom. The molecule has 1 aliphatic rings. The number of carbonyl (C=O) groups is 1. The van der Waals surface area contributed by atoms with Crippen LogP contribution in [0.3, 0.4) is 0 Å². The second-order valence-electron chi connectivity index (χ2n) is 6.04. The van der Waals surface area contributed by atoms with Gasteiger partial charge in [-0.3, -0.25) is 15.0 Å². The molecule has 2 unspecified atom stereocenters. The lowest BCUT2D eigenvalue weighted by molar-refractivity contribution is -0.385. The summed E-state index contributed by atoms with van der Waals surface area (Å²) in [6.45, 7) is 3.94. The Hall–Kier alpha value is -1.90. The van der Waals surface area contributed by atoms with Gasteiger partial charge in [-0.15, -0.1) is 12.4 Å². The Morgan fingerprint density at radius 1 is 1.48 bits per heavy atom. The number of rotatable bonds is 7. The van der Waals surface area contributed by atoms with E-state index in [0.29, 0.717) is 25.0 Å². The van der Waals surface area contributed by atoms with Gasteiger partial charge in [0.15, 0.2) is 12.4 Å². The zero-order chi connectivity index (χ0) is 17.7. The molecule has 0 saturated carbocycles. The average molecular weight is 374 g/mol. The molecule has 1 aliphatic heterocycles. The summed E-state index contributed by atoms with van der Waals surface area (Å²) in [6.07, 6.45) is 1.04. The van der Waals surface area contributed by atoms with Gasteiger partial charge >= 0.3 is 11.7 Å². The number of hydrogen-bond donors (Lipinski definition) is 1. The molecule has 0 spiro atoms. The second kappa shape index (κ2) is 9.55. The van der Waals surface area contributed by atoms with Crippen molar-refractivity contribution in [2.75, 3.05) is 26.8 Å². The predicted molar refractivity (Wildman–Crippen MR) is 94.9 cm³/mol. The Morgan fingerprint density at radius 3 is 2.76 bits per heavy atom. The molecule has 0 bridgehead atoms. The molecule has 0 radical (unpaired) electrons. The molecule has 25 heavy (non-hydrogen) atoms. The normalized spacial score (nSPS) is 20.0. The second-order valence-corrected chi connectivity index (χ2v) is 6.04. The highest BCUT2D eigenvalue weighted by Crippen LogP contribution is 2.30. The van der Waals surface area contributed by atoms with Gasteiger partial charge in [0, 0.05) is 25.2 Å². The van der Waals surface area contributed by atoms with Gasteiger partial charge in [-0.2, -0.15) is 0 Å².